The predicted molar refractivity (Wildman–Crippen MR) is 79.4 cm³/mol. The normalized spacial score (nSPS) is 19.9. The zero-order valence-electron chi connectivity index (χ0n) is 12.7. The molecule has 1 heterocycles. The van der Waals surface area contributed by atoms with Crippen molar-refractivity contribution in [1.82, 2.24) is 4.90 Å². The number of piperidine rings is 1. The van der Waals surface area contributed by atoms with Gasteiger partial charge in [-0.3, -0.25) is 4.90 Å². The smallest absolute Gasteiger partial charge is 0.129 e. The van der Waals surface area contributed by atoms with E-state index in [0.29, 0.717) is 5.92 Å². The molecule has 4 nitrogen and oxygen atoms in total. The first-order valence-corrected chi connectivity index (χ1v) is 7.23. The monoisotopic (exact) mass is 279 g/mol. The molecule has 0 aliphatic carbocycles. The third-order valence-corrected chi connectivity index (χ3v) is 4.12. The number of ether oxygens (including phenoxy) is 2. The Morgan fingerprint density at radius 2 is 2.10 bits per heavy atom. The largest absolute Gasteiger partial charge is 0.496 e. The number of aliphatic hydroxyl groups is 1. The van der Waals surface area contributed by atoms with Crippen molar-refractivity contribution in [3.05, 3.63) is 23.3 Å². The summed E-state index contributed by atoms with van der Waals surface area (Å²) in [5.41, 5.74) is 2.23. The van der Waals surface area contributed by atoms with Crippen molar-refractivity contribution in [1.29, 1.82) is 0 Å². The van der Waals surface area contributed by atoms with Crippen molar-refractivity contribution in [2.45, 2.75) is 26.3 Å². The van der Waals surface area contributed by atoms with Crippen molar-refractivity contribution >= 4 is 0 Å². The number of methoxy groups -OCH3 is 2. The van der Waals surface area contributed by atoms with Gasteiger partial charge in [-0.2, -0.15) is 0 Å². The second-order valence-corrected chi connectivity index (χ2v) is 5.51. The standard InChI is InChI=1S/C16H25NO3/c1-12-15(19-2)7-6-14(16(12)20-3)10-17-8-4-5-13(9-17)11-18/h6-7,13,18H,4-5,8-11H2,1-3H3/t13-/m1/s1. The van der Waals surface area contributed by atoms with E-state index in [2.05, 4.69) is 11.0 Å². The fourth-order valence-corrected chi connectivity index (χ4v) is 3.04. The number of aliphatic hydroxyl groups excluding tert-OH is 1. The lowest BCUT2D eigenvalue weighted by atomic mass is 9.98. The molecule has 1 fully saturated rings. The van der Waals surface area contributed by atoms with Crippen LogP contribution in [0.4, 0.5) is 0 Å². The van der Waals surface area contributed by atoms with Gasteiger partial charge in [-0.05, 0) is 38.3 Å². The van der Waals surface area contributed by atoms with Crippen LogP contribution in [0, 0.1) is 12.8 Å². The quantitative estimate of drug-likeness (QED) is 0.897. The third kappa shape index (κ3) is 3.25. The highest BCUT2D eigenvalue weighted by Gasteiger charge is 2.21. The Morgan fingerprint density at radius 1 is 1.30 bits per heavy atom. The predicted octanol–water partition coefficient (Wildman–Crippen LogP) is 2.22. The Morgan fingerprint density at radius 3 is 2.75 bits per heavy atom. The summed E-state index contributed by atoms with van der Waals surface area (Å²) in [6.45, 7) is 5.23. The van der Waals surface area contributed by atoms with E-state index in [9.17, 15) is 5.11 Å². The molecule has 0 amide bonds. The minimum absolute atomic E-state index is 0.287. The summed E-state index contributed by atoms with van der Waals surface area (Å²) in [5.74, 6) is 2.18. The van der Waals surface area contributed by atoms with Gasteiger partial charge in [0.05, 0.1) is 14.2 Å². The molecule has 2 rings (SSSR count). The molecule has 0 unspecified atom stereocenters. The highest BCUT2D eigenvalue weighted by molar-refractivity contribution is 5.49. The summed E-state index contributed by atoms with van der Waals surface area (Å²) in [5, 5.41) is 9.32. The van der Waals surface area contributed by atoms with Crippen LogP contribution in [-0.2, 0) is 6.54 Å². The maximum absolute atomic E-state index is 9.32. The van der Waals surface area contributed by atoms with Crippen LogP contribution in [0.2, 0.25) is 0 Å². The molecule has 1 N–H and O–H groups in total. The van der Waals surface area contributed by atoms with E-state index >= 15 is 0 Å². The fraction of sp³-hybridized carbons (Fsp3) is 0.625. The Balaban J connectivity index is 2.14. The average Bonchev–Trinajstić information content (AvgIpc) is 2.48. The van der Waals surface area contributed by atoms with Gasteiger partial charge in [0.15, 0.2) is 0 Å². The molecule has 1 aliphatic rings. The lowest BCUT2D eigenvalue weighted by Crippen LogP contribution is -2.36. The van der Waals surface area contributed by atoms with Crippen LogP contribution in [0.3, 0.4) is 0 Å². The molecule has 1 atom stereocenters. The summed E-state index contributed by atoms with van der Waals surface area (Å²) >= 11 is 0. The lowest BCUT2D eigenvalue weighted by Gasteiger charge is -2.32. The van der Waals surface area contributed by atoms with Gasteiger partial charge in [0.2, 0.25) is 0 Å². The zero-order chi connectivity index (χ0) is 14.5. The van der Waals surface area contributed by atoms with Crippen LogP contribution < -0.4 is 9.47 Å². The maximum Gasteiger partial charge on any atom is 0.129 e. The topological polar surface area (TPSA) is 41.9 Å². The summed E-state index contributed by atoms with van der Waals surface area (Å²) in [7, 11) is 3.38. The average molecular weight is 279 g/mol. The van der Waals surface area contributed by atoms with E-state index < -0.39 is 0 Å². The van der Waals surface area contributed by atoms with E-state index in [-0.39, 0.29) is 6.61 Å². The fourth-order valence-electron chi connectivity index (χ4n) is 3.04. The molecule has 0 spiro atoms. The molecule has 1 saturated heterocycles. The summed E-state index contributed by atoms with van der Waals surface area (Å²) in [4.78, 5) is 2.40. The number of benzene rings is 1. The van der Waals surface area contributed by atoms with Gasteiger partial charge in [0.25, 0.3) is 0 Å². The van der Waals surface area contributed by atoms with E-state index in [0.717, 1.165) is 49.5 Å². The molecular weight excluding hydrogens is 254 g/mol. The van der Waals surface area contributed by atoms with Crippen LogP contribution in [-0.4, -0.2) is 43.9 Å². The first kappa shape index (κ1) is 15.1. The SMILES string of the molecule is COc1ccc(CN2CCC[C@@H](CO)C2)c(OC)c1C. The molecule has 112 valence electrons. The lowest BCUT2D eigenvalue weighted by molar-refractivity contribution is 0.115. The van der Waals surface area contributed by atoms with Crippen LogP contribution in [0.25, 0.3) is 0 Å². The second-order valence-electron chi connectivity index (χ2n) is 5.51. The Bertz CT molecular complexity index is 448. The number of likely N-dealkylation sites (tertiary alicyclic amines) is 1. The number of hydrogen-bond acceptors (Lipinski definition) is 4. The van der Waals surface area contributed by atoms with E-state index in [1.807, 2.05) is 13.0 Å². The molecule has 1 aromatic carbocycles. The molecule has 20 heavy (non-hydrogen) atoms. The van der Waals surface area contributed by atoms with E-state index in [4.69, 9.17) is 9.47 Å². The molecule has 1 aromatic rings. The van der Waals surface area contributed by atoms with Crippen LogP contribution in [0.5, 0.6) is 11.5 Å². The van der Waals surface area contributed by atoms with Crippen LogP contribution in [0.1, 0.15) is 24.0 Å². The van der Waals surface area contributed by atoms with Gasteiger partial charge in [0.1, 0.15) is 11.5 Å². The highest BCUT2D eigenvalue weighted by atomic mass is 16.5. The van der Waals surface area contributed by atoms with Gasteiger partial charge < -0.3 is 14.6 Å². The van der Waals surface area contributed by atoms with Crippen molar-refractivity contribution in [3.8, 4) is 11.5 Å². The van der Waals surface area contributed by atoms with Gasteiger partial charge in [-0.15, -0.1) is 0 Å². The van der Waals surface area contributed by atoms with Crippen molar-refractivity contribution in [2.75, 3.05) is 33.9 Å². The van der Waals surface area contributed by atoms with Crippen molar-refractivity contribution in [2.24, 2.45) is 5.92 Å². The second kappa shape index (κ2) is 6.95. The molecular formula is C16H25NO3. The molecule has 0 bridgehead atoms. The molecule has 0 saturated carbocycles. The third-order valence-electron chi connectivity index (χ3n) is 4.12. The summed E-state index contributed by atoms with van der Waals surface area (Å²) in [6.07, 6.45) is 2.29. The van der Waals surface area contributed by atoms with E-state index in [1.54, 1.807) is 14.2 Å². The first-order chi connectivity index (χ1) is 9.69. The van der Waals surface area contributed by atoms with Gasteiger partial charge in [-0.25, -0.2) is 0 Å². The van der Waals surface area contributed by atoms with Gasteiger partial charge in [-0.1, -0.05) is 6.07 Å². The Kier molecular flexibility index (Phi) is 5.26. The molecule has 0 radical (unpaired) electrons. The summed E-state index contributed by atoms with van der Waals surface area (Å²) < 4.78 is 10.9. The maximum atomic E-state index is 9.32. The van der Waals surface area contributed by atoms with Crippen molar-refractivity contribution < 1.29 is 14.6 Å². The number of hydrogen-bond donors (Lipinski definition) is 1. The van der Waals surface area contributed by atoms with Crippen LogP contribution in [0.15, 0.2) is 12.1 Å². The summed E-state index contributed by atoms with van der Waals surface area (Å²) in [6, 6.07) is 4.08. The Labute approximate surface area is 121 Å². The minimum Gasteiger partial charge on any atom is -0.496 e. The van der Waals surface area contributed by atoms with Crippen LogP contribution >= 0.6 is 0 Å². The van der Waals surface area contributed by atoms with Gasteiger partial charge >= 0.3 is 0 Å². The molecule has 1 aliphatic heterocycles. The van der Waals surface area contributed by atoms with Crippen molar-refractivity contribution in [3.63, 3.8) is 0 Å². The first-order valence-electron chi connectivity index (χ1n) is 7.23. The van der Waals surface area contributed by atoms with Gasteiger partial charge in [0, 0.05) is 30.8 Å². The number of rotatable bonds is 5. The molecule has 4 heteroatoms. The van der Waals surface area contributed by atoms with E-state index in [1.165, 1.54) is 5.56 Å². The molecule has 0 aromatic heterocycles. The zero-order valence-corrected chi connectivity index (χ0v) is 12.7. The Hall–Kier alpha value is -1.26. The number of nitrogens with zero attached hydrogens (tertiary/aromatic N) is 1. The minimum atomic E-state index is 0.287. The highest BCUT2D eigenvalue weighted by Crippen LogP contribution is 2.32.